The van der Waals surface area contributed by atoms with E-state index in [0.717, 1.165) is 5.52 Å². The number of anilines is 1. The summed E-state index contributed by atoms with van der Waals surface area (Å²) < 4.78 is 17.2. The molecule has 11 nitrogen and oxygen atoms in total. The zero-order valence-corrected chi connectivity index (χ0v) is 17.4. The van der Waals surface area contributed by atoms with Gasteiger partial charge in [0.05, 0.1) is 30.3 Å². The predicted octanol–water partition coefficient (Wildman–Crippen LogP) is 2.38. The van der Waals surface area contributed by atoms with Crippen LogP contribution in [0.1, 0.15) is 29.0 Å². The first-order valence-electron chi connectivity index (χ1n) is 9.82. The Morgan fingerprint density at radius 3 is 2.84 bits per heavy atom. The molecule has 32 heavy (non-hydrogen) atoms. The first-order valence-corrected chi connectivity index (χ1v) is 9.82. The molecule has 0 saturated heterocycles. The number of nitrogens with one attached hydrogen (secondary N) is 1. The van der Waals surface area contributed by atoms with Crippen LogP contribution in [0.25, 0.3) is 11.0 Å². The number of hydrogen-bond donors (Lipinski definition) is 1. The van der Waals surface area contributed by atoms with Gasteiger partial charge in [-0.15, -0.1) is 5.10 Å². The second kappa shape index (κ2) is 9.25. The van der Waals surface area contributed by atoms with Crippen molar-refractivity contribution in [1.82, 2.24) is 25.1 Å². The number of ether oxygens (including phenoxy) is 2. The maximum atomic E-state index is 12.3. The number of fused-ring (bicyclic) bond motifs is 1. The van der Waals surface area contributed by atoms with Crippen LogP contribution < -0.4 is 10.1 Å². The molecular formula is C21H20N6O5. The van der Waals surface area contributed by atoms with Crippen molar-refractivity contribution >= 4 is 28.6 Å². The number of nitrogens with zero attached hydrogens (tertiary/aromatic N) is 5. The van der Waals surface area contributed by atoms with Crippen molar-refractivity contribution in [2.24, 2.45) is 0 Å². The number of carbonyl (C=O) groups is 2. The summed E-state index contributed by atoms with van der Waals surface area (Å²) in [4.78, 5) is 28.7. The number of aromatic nitrogens is 5. The maximum Gasteiger partial charge on any atom is 0.338 e. The number of rotatable bonds is 8. The molecule has 0 aliphatic rings. The molecule has 1 N–H and O–H groups in total. The molecule has 4 rings (SSSR count). The number of carbonyl (C=O) groups excluding carboxylic acids is 2. The fourth-order valence-corrected chi connectivity index (χ4v) is 3.05. The summed E-state index contributed by atoms with van der Waals surface area (Å²) in [5, 5.41) is 14.5. The topological polar surface area (TPSA) is 134 Å². The van der Waals surface area contributed by atoms with Gasteiger partial charge in [-0.25, -0.2) is 9.48 Å². The summed E-state index contributed by atoms with van der Waals surface area (Å²) in [6, 6.07) is 12.1. The van der Waals surface area contributed by atoms with Crippen LogP contribution in [-0.4, -0.2) is 44.1 Å². The number of amides is 1. The van der Waals surface area contributed by atoms with Gasteiger partial charge in [-0.1, -0.05) is 22.5 Å². The molecule has 0 fully saturated rings. The molecule has 0 bridgehead atoms. The first kappa shape index (κ1) is 21.0. The molecule has 2 aromatic heterocycles. The van der Waals surface area contributed by atoms with Crippen LogP contribution >= 0.6 is 0 Å². The third-order valence-electron chi connectivity index (χ3n) is 4.59. The van der Waals surface area contributed by atoms with Crippen LogP contribution in [0, 0.1) is 0 Å². The van der Waals surface area contributed by atoms with E-state index in [1.165, 1.54) is 7.11 Å². The van der Waals surface area contributed by atoms with Gasteiger partial charge >= 0.3 is 5.97 Å². The third kappa shape index (κ3) is 4.56. The lowest BCUT2D eigenvalue weighted by molar-refractivity contribution is -0.115. The first-order chi connectivity index (χ1) is 15.6. The van der Waals surface area contributed by atoms with Crippen LogP contribution in [0.3, 0.4) is 0 Å². The number of esters is 1. The Hall–Kier alpha value is -4.28. The van der Waals surface area contributed by atoms with E-state index in [4.69, 9.17) is 14.0 Å². The highest BCUT2D eigenvalue weighted by atomic mass is 16.6. The van der Waals surface area contributed by atoms with Crippen molar-refractivity contribution in [3.63, 3.8) is 0 Å². The molecule has 11 heteroatoms. The van der Waals surface area contributed by atoms with Gasteiger partial charge in [0.25, 0.3) is 5.89 Å². The average Bonchev–Trinajstić information content (AvgIpc) is 3.43. The van der Waals surface area contributed by atoms with Crippen molar-refractivity contribution in [3.8, 4) is 5.75 Å². The maximum absolute atomic E-state index is 12.3. The number of aryl methyl sites for hydroxylation is 1. The summed E-state index contributed by atoms with van der Waals surface area (Å²) in [5.74, 6) is -0.117. The van der Waals surface area contributed by atoms with Crippen LogP contribution in [0.4, 0.5) is 5.69 Å². The standard InChI is InChI=1S/C21H20N6O5/c1-3-27-16-9-8-13(10-15(16)24-26-27)21(29)31-12-20-23-18(25-32-20)11-19(28)22-14-6-4-5-7-17(14)30-2/h4-10H,3,11-12H2,1-2H3,(H,22,28). The quantitative estimate of drug-likeness (QED) is 0.413. The Bertz CT molecular complexity index is 1260. The summed E-state index contributed by atoms with van der Waals surface area (Å²) in [6.45, 7) is 2.41. The summed E-state index contributed by atoms with van der Waals surface area (Å²) in [6.07, 6.45) is -0.112. The zero-order valence-electron chi connectivity index (χ0n) is 17.4. The fraction of sp³-hybridized carbons (Fsp3) is 0.238. The van der Waals surface area contributed by atoms with Gasteiger partial charge in [0.2, 0.25) is 5.91 Å². The van der Waals surface area contributed by atoms with E-state index < -0.39 is 5.97 Å². The average molecular weight is 436 g/mol. The molecule has 0 unspecified atom stereocenters. The zero-order chi connectivity index (χ0) is 22.5. The molecule has 1 amide bonds. The number of methoxy groups -OCH3 is 1. The van der Waals surface area contributed by atoms with E-state index in [1.54, 1.807) is 47.1 Å². The van der Waals surface area contributed by atoms with Crippen LogP contribution in [-0.2, 0) is 29.1 Å². The molecule has 0 radical (unpaired) electrons. The van der Waals surface area contributed by atoms with E-state index in [1.807, 2.05) is 6.92 Å². The Balaban J connectivity index is 1.33. The Morgan fingerprint density at radius 1 is 1.19 bits per heavy atom. The lowest BCUT2D eigenvalue weighted by Gasteiger charge is -2.08. The third-order valence-corrected chi connectivity index (χ3v) is 4.59. The largest absolute Gasteiger partial charge is 0.495 e. The molecular weight excluding hydrogens is 416 g/mol. The molecule has 0 aliphatic carbocycles. The number of benzene rings is 2. The van der Waals surface area contributed by atoms with Crippen molar-refractivity contribution in [2.75, 3.05) is 12.4 Å². The van der Waals surface area contributed by atoms with Gasteiger partial charge in [0.15, 0.2) is 12.4 Å². The van der Waals surface area contributed by atoms with Crippen LogP contribution in [0.5, 0.6) is 5.75 Å². The van der Waals surface area contributed by atoms with Gasteiger partial charge in [0.1, 0.15) is 11.3 Å². The Kier molecular flexibility index (Phi) is 6.06. The highest BCUT2D eigenvalue weighted by Crippen LogP contribution is 2.23. The van der Waals surface area contributed by atoms with E-state index in [-0.39, 0.29) is 30.7 Å². The Labute approximate surface area is 182 Å². The van der Waals surface area contributed by atoms with Crippen LogP contribution in [0.15, 0.2) is 47.0 Å². The van der Waals surface area contributed by atoms with E-state index >= 15 is 0 Å². The highest BCUT2D eigenvalue weighted by Gasteiger charge is 2.16. The lowest BCUT2D eigenvalue weighted by Crippen LogP contribution is -2.15. The smallest absolute Gasteiger partial charge is 0.338 e. The van der Waals surface area contributed by atoms with Crippen LogP contribution in [0.2, 0.25) is 0 Å². The van der Waals surface area contributed by atoms with E-state index in [2.05, 4.69) is 25.8 Å². The normalized spacial score (nSPS) is 10.8. The summed E-state index contributed by atoms with van der Waals surface area (Å²) in [7, 11) is 1.52. The summed E-state index contributed by atoms with van der Waals surface area (Å²) in [5.41, 5.74) is 2.30. The van der Waals surface area contributed by atoms with Crippen molar-refractivity contribution in [3.05, 3.63) is 59.7 Å². The molecule has 164 valence electrons. The van der Waals surface area contributed by atoms with Gasteiger partial charge < -0.3 is 19.3 Å². The minimum Gasteiger partial charge on any atom is -0.495 e. The molecule has 0 aliphatic heterocycles. The number of para-hydroxylation sites is 2. The molecule has 2 heterocycles. The predicted molar refractivity (Wildman–Crippen MR) is 112 cm³/mol. The van der Waals surface area contributed by atoms with Gasteiger partial charge in [-0.2, -0.15) is 4.98 Å². The van der Waals surface area contributed by atoms with E-state index in [0.29, 0.717) is 29.1 Å². The van der Waals surface area contributed by atoms with Crippen molar-refractivity contribution in [1.29, 1.82) is 0 Å². The molecule has 4 aromatic rings. The molecule has 0 atom stereocenters. The molecule has 0 saturated carbocycles. The van der Waals surface area contributed by atoms with Crippen molar-refractivity contribution in [2.45, 2.75) is 26.5 Å². The minimum absolute atomic E-state index is 0.0800. The Morgan fingerprint density at radius 2 is 2.03 bits per heavy atom. The van der Waals surface area contributed by atoms with Gasteiger partial charge in [-0.3, -0.25) is 4.79 Å². The van der Waals surface area contributed by atoms with Gasteiger partial charge in [0, 0.05) is 6.54 Å². The molecule has 0 spiro atoms. The lowest BCUT2D eigenvalue weighted by atomic mass is 10.2. The van der Waals surface area contributed by atoms with E-state index in [9.17, 15) is 9.59 Å². The van der Waals surface area contributed by atoms with Crippen molar-refractivity contribution < 1.29 is 23.6 Å². The minimum atomic E-state index is -0.563. The highest BCUT2D eigenvalue weighted by molar-refractivity contribution is 5.94. The molecule has 2 aromatic carbocycles. The SMILES string of the molecule is CCn1nnc2cc(C(=O)OCc3nc(CC(=O)Nc4ccccc4OC)no3)ccc21. The summed E-state index contributed by atoms with van der Waals surface area (Å²) >= 11 is 0. The second-order valence-corrected chi connectivity index (χ2v) is 6.71. The monoisotopic (exact) mass is 436 g/mol. The fourth-order valence-electron chi connectivity index (χ4n) is 3.05. The van der Waals surface area contributed by atoms with Gasteiger partial charge in [-0.05, 0) is 37.3 Å². The second-order valence-electron chi connectivity index (χ2n) is 6.71. The number of hydrogen-bond acceptors (Lipinski definition) is 9.